The molecule has 5 nitrogen and oxygen atoms in total. The Morgan fingerprint density at radius 2 is 2.18 bits per heavy atom. The van der Waals surface area contributed by atoms with Crippen molar-refractivity contribution < 1.29 is 4.79 Å². The minimum Gasteiger partial charge on any atom is -0.359 e. The monoisotopic (exact) mass is 300 g/mol. The summed E-state index contributed by atoms with van der Waals surface area (Å²) in [7, 11) is 5.77. The van der Waals surface area contributed by atoms with E-state index >= 15 is 0 Å². The zero-order chi connectivity index (χ0) is 16.1. The number of aromatic nitrogens is 2. The number of hydrogen-bond acceptors (Lipinski definition) is 3. The molecule has 0 saturated carbocycles. The lowest BCUT2D eigenvalue weighted by Crippen LogP contribution is -2.28. The van der Waals surface area contributed by atoms with Gasteiger partial charge in [-0.25, -0.2) is 4.98 Å². The zero-order valence-electron chi connectivity index (χ0n) is 13.7. The van der Waals surface area contributed by atoms with Crippen LogP contribution >= 0.6 is 0 Å². The Balaban J connectivity index is 2.23. The molecule has 0 aliphatic heterocycles. The van der Waals surface area contributed by atoms with Crippen LogP contribution in [0.3, 0.4) is 0 Å². The van der Waals surface area contributed by atoms with Gasteiger partial charge >= 0.3 is 0 Å². The van der Waals surface area contributed by atoms with Crippen LogP contribution in [0.4, 0.5) is 0 Å². The summed E-state index contributed by atoms with van der Waals surface area (Å²) in [6.45, 7) is 3.43. The predicted molar refractivity (Wildman–Crippen MR) is 88.3 cm³/mol. The van der Waals surface area contributed by atoms with Gasteiger partial charge in [-0.1, -0.05) is 25.1 Å². The van der Waals surface area contributed by atoms with Crippen LogP contribution in [0, 0.1) is 5.92 Å². The van der Waals surface area contributed by atoms with E-state index in [1.807, 2.05) is 17.7 Å². The third-order valence-electron chi connectivity index (χ3n) is 3.56. The Morgan fingerprint density at radius 1 is 1.41 bits per heavy atom. The molecule has 118 valence electrons. The summed E-state index contributed by atoms with van der Waals surface area (Å²) in [5.41, 5.74) is 2.32. The van der Waals surface area contributed by atoms with E-state index in [4.69, 9.17) is 0 Å². The smallest absolute Gasteiger partial charge is 0.224 e. The van der Waals surface area contributed by atoms with Crippen molar-refractivity contribution in [2.24, 2.45) is 5.92 Å². The molecule has 0 saturated heterocycles. The van der Waals surface area contributed by atoms with E-state index in [-0.39, 0.29) is 11.8 Å². The van der Waals surface area contributed by atoms with Gasteiger partial charge in [0.1, 0.15) is 5.82 Å². The van der Waals surface area contributed by atoms with Crippen LogP contribution in [0.1, 0.15) is 12.5 Å². The van der Waals surface area contributed by atoms with E-state index in [0.29, 0.717) is 6.54 Å². The lowest BCUT2D eigenvalue weighted by atomic mass is 10.1. The number of rotatable bonds is 6. The molecule has 0 bridgehead atoms. The fourth-order valence-corrected chi connectivity index (χ4v) is 2.52. The molecular weight excluding hydrogens is 276 g/mol. The molecule has 5 heteroatoms. The molecule has 2 rings (SSSR count). The van der Waals surface area contributed by atoms with Crippen LogP contribution in [-0.4, -0.2) is 41.5 Å². The molecule has 0 spiro atoms. The van der Waals surface area contributed by atoms with Crippen molar-refractivity contribution in [1.29, 1.82) is 0 Å². The van der Waals surface area contributed by atoms with E-state index in [1.165, 1.54) is 5.56 Å². The van der Waals surface area contributed by atoms with Crippen molar-refractivity contribution in [3.8, 4) is 11.4 Å². The van der Waals surface area contributed by atoms with Crippen LogP contribution in [0.25, 0.3) is 11.4 Å². The van der Waals surface area contributed by atoms with Gasteiger partial charge < -0.3 is 14.8 Å². The van der Waals surface area contributed by atoms with Gasteiger partial charge in [0.15, 0.2) is 0 Å². The van der Waals surface area contributed by atoms with Crippen LogP contribution in [0.15, 0.2) is 36.7 Å². The van der Waals surface area contributed by atoms with Crippen molar-refractivity contribution >= 4 is 5.91 Å². The van der Waals surface area contributed by atoms with Gasteiger partial charge in [0.2, 0.25) is 5.91 Å². The zero-order valence-corrected chi connectivity index (χ0v) is 13.7. The maximum Gasteiger partial charge on any atom is 0.224 e. The molecule has 0 aliphatic carbocycles. The highest BCUT2D eigenvalue weighted by Gasteiger charge is 2.14. The molecule has 1 aromatic heterocycles. The van der Waals surface area contributed by atoms with Gasteiger partial charge in [0.25, 0.3) is 0 Å². The van der Waals surface area contributed by atoms with Gasteiger partial charge in [-0.2, -0.15) is 0 Å². The first kappa shape index (κ1) is 16.2. The molecule has 22 heavy (non-hydrogen) atoms. The van der Waals surface area contributed by atoms with E-state index in [1.54, 1.807) is 13.2 Å². The summed E-state index contributed by atoms with van der Waals surface area (Å²) >= 11 is 0. The number of carbonyl (C=O) groups excluding carboxylic acids is 1. The predicted octanol–water partition coefficient (Wildman–Crippen LogP) is 1.99. The second-order valence-corrected chi connectivity index (χ2v) is 5.86. The summed E-state index contributed by atoms with van der Waals surface area (Å²) in [6.07, 6.45) is 3.71. The first-order valence-electron chi connectivity index (χ1n) is 7.48. The Kier molecular flexibility index (Phi) is 5.33. The highest BCUT2D eigenvalue weighted by atomic mass is 16.1. The molecule has 1 N–H and O–H groups in total. The van der Waals surface area contributed by atoms with E-state index in [9.17, 15) is 4.79 Å². The highest BCUT2D eigenvalue weighted by Crippen LogP contribution is 2.20. The quantitative estimate of drug-likeness (QED) is 0.887. The normalized spacial score (nSPS) is 12.4. The standard InChI is InChI=1S/C17H24N4O/c1-13(17(22)18-2)11-21-9-8-19-16(21)15-7-5-6-14(10-15)12-20(3)4/h5-10,13H,11-12H2,1-4H3,(H,18,22)/t13-/m1/s1. The van der Waals surface area contributed by atoms with Crippen molar-refractivity contribution in [2.75, 3.05) is 21.1 Å². The second kappa shape index (κ2) is 7.22. The second-order valence-electron chi connectivity index (χ2n) is 5.86. The Hall–Kier alpha value is -2.14. The Morgan fingerprint density at radius 3 is 2.86 bits per heavy atom. The molecule has 1 amide bonds. The SMILES string of the molecule is CNC(=O)[C@H](C)Cn1ccnc1-c1cccc(CN(C)C)c1. The minimum atomic E-state index is -0.0945. The molecule has 1 heterocycles. The molecule has 0 radical (unpaired) electrons. The molecule has 0 unspecified atom stereocenters. The lowest BCUT2D eigenvalue weighted by molar-refractivity contribution is -0.124. The molecule has 2 aromatic rings. The summed E-state index contributed by atoms with van der Waals surface area (Å²) in [6, 6.07) is 8.38. The fraction of sp³-hybridized carbons (Fsp3) is 0.412. The number of nitrogens with zero attached hydrogens (tertiary/aromatic N) is 3. The molecule has 1 atom stereocenters. The number of imidazole rings is 1. The van der Waals surface area contributed by atoms with E-state index in [0.717, 1.165) is 17.9 Å². The third kappa shape index (κ3) is 3.95. The Bertz CT molecular complexity index is 633. The summed E-state index contributed by atoms with van der Waals surface area (Å²) in [4.78, 5) is 18.3. The van der Waals surface area contributed by atoms with Crippen LogP contribution in [0.2, 0.25) is 0 Å². The van der Waals surface area contributed by atoms with Gasteiger partial charge in [0.05, 0.1) is 5.92 Å². The van der Waals surface area contributed by atoms with Gasteiger partial charge in [-0.3, -0.25) is 4.79 Å². The minimum absolute atomic E-state index is 0.0426. The molecule has 0 fully saturated rings. The average molecular weight is 300 g/mol. The highest BCUT2D eigenvalue weighted by molar-refractivity contribution is 5.77. The van der Waals surface area contributed by atoms with Crippen molar-refractivity contribution in [3.63, 3.8) is 0 Å². The third-order valence-corrected chi connectivity index (χ3v) is 3.56. The molecular formula is C17H24N4O. The summed E-state index contributed by atoms with van der Waals surface area (Å²) < 4.78 is 2.04. The van der Waals surface area contributed by atoms with Crippen LogP contribution < -0.4 is 5.32 Å². The number of hydrogen-bond donors (Lipinski definition) is 1. The van der Waals surface area contributed by atoms with Crippen molar-refractivity contribution in [1.82, 2.24) is 19.8 Å². The van der Waals surface area contributed by atoms with E-state index in [2.05, 4.69) is 53.6 Å². The Labute approximate surface area is 132 Å². The first-order valence-corrected chi connectivity index (χ1v) is 7.48. The van der Waals surface area contributed by atoms with Crippen LogP contribution in [0.5, 0.6) is 0 Å². The van der Waals surface area contributed by atoms with Crippen molar-refractivity contribution in [3.05, 3.63) is 42.2 Å². The van der Waals surface area contributed by atoms with E-state index < -0.39 is 0 Å². The molecule has 0 aliphatic rings. The number of carbonyl (C=O) groups is 1. The number of amides is 1. The van der Waals surface area contributed by atoms with Crippen molar-refractivity contribution in [2.45, 2.75) is 20.0 Å². The summed E-state index contributed by atoms with van der Waals surface area (Å²) in [5, 5.41) is 2.69. The van der Waals surface area contributed by atoms with Gasteiger partial charge in [-0.05, 0) is 25.7 Å². The largest absolute Gasteiger partial charge is 0.359 e. The maximum atomic E-state index is 11.7. The first-order chi connectivity index (χ1) is 10.5. The average Bonchev–Trinajstić information content (AvgIpc) is 2.94. The number of benzene rings is 1. The molecule has 1 aromatic carbocycles. The summed E-state index contributed by atoms with van der Waals surface area (Å²) in [5.74, 6) is 0.847. The number of nitrogens with one attached hydrogen (secondary N) is 1. The topological polar surface area (TPSA) is 50.2 Å². The fourth-order valence-electron chi connectivity index (χ4n) is 2.52. The van der Waals surface area contributed by atoms with Gasteiger partial charge in [-0.15, -0.1) is 0 Å². The van der Waals surface area contributed by atoms with Gasteiger partial charge in [0, 0.05) is 38.1 Å². The maximum absolute atomic E-state index is 11.7. The lowest BCUT2D eigenvalue weighted by Gasteiger charge is -2.14. The van der Waals surface area contributed by atoms with Crippen LogP contribution in [-0.2, 0) is 17.9 Å².